The van der Waals surface area contributed by atoms with Gasteiger partial charge in [-0.2, -0.15) is 0 Å². The third-order valence-corrected chi connectivity index (χ3v) is 5.05. The molecule has 0 radical (unpaired) electrons. The monoisotopic (exact) mass is 346 g/mol. The third-order valence-electron chi connectivity index (χ3n) is 5.05. The number of carbonyl (C=O) groups is 2. The zero-order valence-corrected chi connectivity index (χ0v) is 15.1. The second kappa shape index (κ2) is 7.04. The molecule has 2 heterocycles. The molecule has 0 aliphatic carbocycles. The van der Waals surface area contributed by atoms with Crippen molar-refractivity contribution in [3.63, 3.8) is 0 Å². The van der Waals surface area contributed by atoms with Crippen LogP contribution < -0.4 is 20.1 Å². The van der Waals surface area contributed by atoms with E-state index in [1.165, 1.54) is 0 Å². The maximum absolute atomic E-state index is 12.4. The first-order valence-electron chi connectivity index (χ1n) is 8.78. The minimum atomic E-state index is -0.287. The molecule has 0 bridgehead atoms. The van der Waals surface area contributed by atoms with E-state index in [-0.39, 0.29) is 29.1 Å². The van der Waals surface area contributed by atoms with Gasteiger partial charge in [0.05, 0.1) is 6.04 Å². The van der Waals surface area contributed by atoms with Crippen LogP contribution in [0.1, 0.15) is 32.8 Å². The van der Waals surface area contributed by atoms with Crippen LogP contribution in [0, 0.1) is 5.92 Å². The van der Waals surface area contributed by atoms with Crippen LogP contribution in [0.4, 0.5) is 0 Å². The van der Waals surface area contributed by atoms with E-state index in [0.29, 0.717) is 32.7 Å². The van der Waals surface area contributed by atoms with Gasteiger partial charge in [0, 0.05) is 24.4 Å². The van der Waals surface area contributed by atoms with Gasteiger partial charge in [-0.3, -0.25) is 9.59 Å². The highest BCUT2D eigenvalue weighted by Crippen LogP contribution is 2.34. The molecule has 1 amide bonds. The van der Waals surface area contributed by atoms with Gasteiger partial charge in [0.1, 0.15) is 19.0 Å². The van der Waals surface area contributed by atoms with E-state index in [0.717, 1.165) is 17.1 Å². The largest absolute Gasteiger partial charge is 0.486 e. The summed E-state index contributed by atoms with van der Waals surface area (Å²) in [6.45, 7) is 7.96. The van der Waals surface area contributed by atoms with Crippen molar-refractivity contribution in [1.82, 2.24) is 10.6 Å². The van der Waals surface area contributed by atoms with Gasteiger partial charge < -0.3 is 20.1 Å². The number of hydrogen-bond acceptors (Lipinski definition) is 5. The number of amides is 1. The van der Waals surface area contributed by atoms with Gasteiger partial charge in [0.25, 0.3) is 0 Å². The van der Waals surface area contributed by atoms with Crippen LogP contribution in [0.5, 0.6) is 11.5 Å². The number of Topliss-reactive ketones (excluding diaryl/α,β-unsaturated/α-hetero) is 1. The first kappa shape index (κ1) is 17.7. The summed E-state index contributed by atoms with van der Waals surface area (Å²) in [6, 6.07) is 5.63. The highest BCUT2D eigenvalue weighted by molar-refractivity contribution is 5.85. The molecule has 25 heavy (non-hydrogen) atoms. The zero-order chi connectivity index (χ0) is 18.0. The highest BCUT2D eigenvalue weighted by Gasteiger charge is 2.32. The fourth-order valence-corrected chi connectivity index (χ4v) is 3.24. The number of hydrogen-bond donors (Lipinski definition) is 2. The van der Waals surface area contributed by atoms with E-state index >= 15 is 0 Å². The van der Waals surface area contributed by atoms with Crippen LogP contribution in [0.15, 0.2) is 18.2 Å². The van der Waals surface area contributed by atoms with Crippen molar-refractivity contribution in [1.29, 1.82) is 0 Å². The van der Waals surface area contributed by atoms with Crippen molar-refractivity contribution in [2.45, 2.75) is 38.6 Å². The van der Waals surface area contributed by atoms with Gasteiger partial charge in [-0.15, -0.1) is 0 Å². The molecule has 136 valence electrons. The lowest BCUT2D eigenvalue weighted by molar-refractivity contribution is -0.123. The van der Waals surface area contributed by atoms with Gasteiger partial charge in [-0.05, 0) is 31.0 Å². The van der Waals surface area contributed by atoms with Crippen molar-refractivity contribution in [3.8, 4) is 11.5 Å². The molecule has 1 aromatic rings. The smallest absolute Gasteiger partial charge is 0.237 e. The second-order valence-corrected chi connectivity index (χ2v) is 7.46. The summed E-state index contributed by atoms with van der Waals surface area (Å²) in [6.07, 6.45) is 0.575. The summed E-state index contributed by atoms with van der Waals surface area (Å²) in [7, 11) is 0. The quantitative estimate of drug-likeness (QED) is 0.843. The number of ketones is 1. The van der Waals surface area contributed by atoms with E-state index in [9.17, 15) is 9.59 Å². The Bertz CT molecular complexity index is 671. The fraction of sp³-hybridized carbons (Fsp3) is 0.579. The van der Waals surface area contributed by atoms with Crippen LogP contribution in [-0.2, 0) is 15.0 Å². The average Bonchev–Trinajstić information content (AvgIpc) is 3.10. The summed E-state index contributed by atoms with van der Waals surface area (Å²) in [5.41, 5.74) is 0.836. The number of fused-ring (bicyclic) bond motifs is 1. The normalized spacial score (nSPS) is 22.5. The Kier molecular flexibility index (Phi) is 4.99. The topological polar surface area (TPSA) is 76.7 Å². The molecule has 0 aromatic heterocycles. The van der Waals surface area contributed by atoms with Crippen molar-refractivity contribution >= 4 is 11.7 Å². The molecule has 2 N–H and O–H groups in total. The van der Waals surface area contributed by atoms with Crippen LogP contribution in [0.3, 0.4) is 0 Å². The molecule has 0 saturated carbocycles. The first-order chi connectivity index (χ1) is 11.9. The SMILES string of the molecule is CC(=O)C1CNC(C(=O)NCC(C)(C)c2ccc3c(c2)OCCO3)C1. The summed E-state index contributed by atoms with van der Waals surface area (Å²) >= 11 is 0. The van der Waals surface area contributed by atoms with Crippen LogP contribution in [0.2, 0.25) is 0 Å². The lowest BCUT2D eigenvalue weighted by atomic mass is 9.84. The number of carbonyl (C=O) groups excluding carboxylic acids is 2. The Morgan fingerprint density at radius 2 is 1.96 bits per heavy atom. The van der Waals surface area contributed by atoms with E-state index in [1.54, 1.807) is 6.92 Å². The number of benzene rings is 1. The number of ether oxygens (including phenoxy) is 2. The van der Waals surface area contributed by atoms with Gasteiger partial charge in [-0.1, -0.05) is 19.9 Å². The molecule has 2 unspecified atom stereocenters. The molecule has 2 aliphatic heterocycles. The molecule has 6 heteroatoms. The Morgan fingerprint density at radius 3 is 2.64 bits per heavy atom. The molecular formula is C19H26N2O4. The second-order valence-electron chi connectivity index (χ2n) is 7.46. The average molecular weight is 346 g/mol. The summed E-state index contributed by atoms with van der Waals surface area (Å²) < 4.78 is 11.2. The molecule has 3 rings (SSSR count). The number of rotatable bonds is 5. The summed E-state index contributed by atoms with van der Waals surface area (Å²) in [4.78, 5) is 23.8. The lowest BCUT2D eigenvalue weighted by Crippen LogP contribution is -2.45. The van der Waals surface area contributed by atoms with Gasteiger partial charge in [0.15, 0.2) is 11.5 Å². The molecule has 1 saturated heterocycles. The predicted octanol–water partition coefficient (Wildman–Crippen LogP) is 1.42. The van der Waals surface area contributed by atoms with E-state index in [2.05, 4.69) is 24.5 Å². The Hall–Kier alpha value is -2.08. The highest BCUT2D eigenvalue weighted by atomic mass is 16.6. The fourth-order valence-electron chi connectivity index (χ4n) is 3.24. The Balaban J connectivity index is 1.60. The first-order valence-corrected chi connectivity index (χ1v) is 8.78. The molecule has 1 aromatic carbocycles. The molecule has 2 aliphatic rings. The number of nitrogens with one attached hydrogen (secondary N) is 2. The van der Waals surface area contributed by atoms with Gasteiger partial charge in [-0.25, -0.2) is 0 Å². The van der Waals surface area contributed by atoms with Gasteiger partial charge in [0.2, 0.25) is 5.91 Å². The van der Waals surface area contributed by atoms with Crippen LogP contribution >= 0.6 is 0 Å². The van der Waals surface area contributed by atoms with Crippen molar-refractivity contribution in [2.75, 3.05) is 26.3 Å². The summed E-state index contributed by atoms with van der Waals surface area (Å²) in [5, 5.41) is 6.15. The van der Waals surface area contributed by atoms with Crippen LogP contribution in [-0.4, -0.2) is 44.0 Å². The summed E-state index contributed by atoms with van der Waals surface area (Å²) in [5.74, 6) is 1.56. The van der Waals surface area contributed by atoms with Crippen molar-refractivity contribution < 1.29 is 19.1 Å². The van der Waals surface area contributed by atoms with Crippen LogP contribution in [0.25, 0.3) is 0 Å². The minimum absolute atomic E-state index is 0.0469. The maximum Gasteiger partial charge on any atom is 0.237 e. The molecular weight excluding hydrogens is 320 g/mol. The van der Waals surface area contributed by atoms with E-state index in [1.807, 2.05) is 18.2 Å². The predicted molar refractivity (Wildman–Crippen MR) is 94.0 cm³/mol. The van der Waals surface area contributed by atoms with E-state index in [4.69, 9.17) is 9.47 Å². The van der Waals surface area contributed by atoms with Crippen molar-refractivity contribution in [2.24, 2.45) is 5.92 Å². The molecule has 1 fully saturated rings. The minimum Gasteiger partial charge on any atom is -0.486 e. The maximum atomic E-state index is 12.4. The molecule has 0 spiro atoms. The standard InChI is InChI=1S/C19H26N2O4/c1-12(22)13-8-15(20-10-13)18(23)21-11-19(2,3)14-4-5-16-17(9-14)25-7-6-24-16/h4-5,9,13,15,20H,6-8,10-11H2,1-3H3,(H,21,23). The molecule has 2 atom stereocenters. The lowest BCUT2D eigenvalue weighted by Gasteiger charge is -2.28. The van der Waals surface area contributed by atoms with Crippen molar-refractivity contribution in [3.05, 3.63) is 23.8 Å². The Morgan fingerprint density at radius 1 is 1.24 bits per heavy atom. The molecule has 6 nitrogen and oxygen atoms in total. The Labute approximate surface area is 148 Å². The zero-order valence-electron chi connectivity index (χ0n) is 15.1. The van der Waals surface area contributed by atoms with E-state index < -0.39 is 0 Å². The third kappa shape index (κ3) is 3.95. The van der Waals surface area contributed by atoms with Gasteiger partial charge >= 0.3 is 0 Å².